The highest BCUT2D eigenvalue weighted by atomic mass is 19.1. The van der Waals surface area contributed by atoms with Crippen LogP contribution in [0.1, 0.15) is 30.0 Å². The van der Waals surface area contributed by atoms with Crippen LogP contribution in [0.25, 0.3) is 0 Å². The van der Waals surface area contributed by atoms with Gasteiger partial charge in [0, 0.05) is 6.04 Å². The molecule has 0 amide bonds. The monoisotopic (exact) mass is 301 g/mol. The van der Waals surface area contributed by atoms with Crippen molar-refractivity contribution in [3.8, 4) is 11.5 Å². The normalized spacial score (nSPS) is 14.6. The van der Waals surface area contributed by atoms with Crippen LogP contribution in [-0.2, 0) is 6.42 Å². The van der Waals surface area contributed by atoms with Gasteiger partial charge >= 0.3 is 0 Å². The minimum atomic E-state index is -0.197. The zero-order chi connectivity index (χ0) is 15.4. The van der Waals surface area contributed by atoms with Crippen LogP contribution in [0.4, 0.5) is 4.39 Å². The SMILES string of the molecule is N[C@H](CCCc1ccc(F)cc1)c1ccc2c(c1)OCCO2. The third-order valence-corrected chi connectivity index (χ3v) is 3.89. The fourth-order valence-electron chi connectivity index (χ4n) is 2.63. The molecule has 1 atom stereocenters. The number of halogens is 1. The molecule has 0 spiro atoms. The molecule has 2 aromatic rings. The lowest BCUT2D eigenvalue weighted by Crippen LogP contribution is -2.16. The van der Waals surface area contributed by atoms with Crippen molar-refractivity contribution in [2.24, 2.45) is 5.73 Å². The number of aryl methyl sites for hydroxylation is 1. The van der Waals surface area contributed by atoms with Gasteiger partial charge < -0.3 is 15.2 Å². The van der Waals surface area contributed by atoms with E-state index >= 15 is 0 Å². The van der Waals surface area contributed by atoms with Crippen LogP contribution in [0.3, 0.4) is 0 Å². The zero-order valence-electron chi connectivity index (χ0n) is 12.4. The largest absolute Gasteiger partial charge is 0.486 e. The predicted molar refractivity (Wildman–Crippen MR) is 83.7 cm³/mol. The van der Waals surface area contributed by atoms with Gasteiger partial charge in [-0.2, -0.15) is 0 Å². The Hall–Kier alpha value is -2.07. The molecule has 1 aliphatic heterocycles. The average molecular weight is 301 g/mol. The highest BCUT2D eigenvalue weighted by Gasteiger charge is 2.14. The molecule has 0 saturated heterocycles. The summed E-state index contributed by atoms with van der Waals surface area (Å²) in [6, 6.07) is 12.5. The van der Waals surface area contributed by atoms with Crippen LogP contribution < -0.4 is 15.2 Å². The Balaban J connectivity index is 1.55. The van der Waals surface area contributed by atoms with Crippen molar-refractivity contribution in [1.29, 1.82) is 0 Å². The predicted octanol–water partition coefficient (Wildman–Crippen LogP) is 3.62. The van der Waals surface area contributed by atoms with Crippen LogP contribution in [0.2, 0.25) is 0 Å². The fourth-order valence-corrected chi connectivity index (χ4v) is 2.63. The first-order chi connectivity index (χ1) is 10.7. The summed E-state index contributed by atoms with van der Waals surface area (Å²) >= 11 is 0. The van der Waals surface area contributed by atoms with E-state index in [-0.39, 0.29) is 11.9 Å². The molecule has 0 bridgehead atoms. The number of benzene rings is 2. The standard InChI is InChI=1S/C18H20FNO2/c19-15-7-4-13(5-8-15)2-1-3-16(20)14-6-9-17-18(12-14)22-11-10-21-17/h4-9,12,16H,1-3,10-11,20H2/t16-/m1/s1. The van der Waals surface area contributed by atoms with E-state index in [0.29, 0.717) is 13.2 Å². The van der Waals surface area contributed by atoms with Gasteiger partial charge in [0.1, 0.15) is 19.0 Å². The first kappa shape index (κ1) is 14.9. The molecule has 3 nitrogen and oxygen atoms in total. The molecule has 0 unspecified atom stereocenters. The Morgan fingerprint density at radius 2 is 1.73 bits per heavy atom. The van der Waals surface area contributed by atoms with E-state index in [1.54, 1.807) is 0 Å². The summed E-state index contributed by atoms with van der Waals surface area (Å²) in [4.78, 5) is 0. The Bertz CT molecular complexity index is 627. The van der Waals surface area contributed by atoms with Gasteiger partial charge in [0.2, 0.25) is 0 Å². The second kappa shape index (κ2) is 6.79. The van der Waals surface area contributed by atoms with Gasteiger partial charge in [-0.05, 0) is 54.7 Å². The molecular weight excluding hydrogens is 281 g/mol. The van der Waals surface area contributed by atoms with Gasteiger partial charge in [0.15, 0.2) is 11.5 Å². The molecule has 2 aromatic carbocycles. The van der Waals surface area contributed by atoms with Gasteiger partial charge in [0.25, 0.3) is 0 Å². The number of hydrogen-bond donors (Lipinski definition) is 1. The summed E-state index contributed by atoms with van der Waals surface area (Å²) in [5.74, 6) is 1.36. The van der Waals surface area contributed by atoms with E-state index in [1.807, 2.05) is 30.3 Å². The van der Waals surface area contributed by atoms with E-state index in [9.17, 15) is 4.39 Å². The van der Waals surface area contributed by atoms with E-state index in [1.165, 1.54) is 12.1 Å². The number of hydrogen-bond acceptors (Lipinski definition) is 3. The summed E-state index contributed by atoms with van der Waals surface area (Å²) in [6.07, 6.45) is 2.73. The molecule has 0 radical (unpaired) electrons. The van der Waals surface area contributed by atoms with Gasteiger partial charge in [-0.25, -0.2) is 4.39 Å². The number of rotatable bonds is 5. The lowest BCUT2D eigenvalue weighted by Gasteiger charge is -2.20. The molecule has 2 N–H and O–H groups in total. The van der Waals surface area contributed by atoms with Crippen LogP contribution in [-0.4, -0.2) is 13.2 Å². The second-order valence-corrected chi connectivity index (χ2v) is 5.53. The van der Waals surface area contributed by atoms with Crippen LogP contribution in [0.15, 0.2) is 42.5 Å². The lowest BCUT2D eigenvalue weighted by molar-refractivity contribution is 0.171. The lowest BCUT2D eigenvalue weighted by atomic mass is 9.99. The molecule has 0 aromatic heterocycles. The molecule has 116 valence electrons. The quantitative estimate of drug-likeness (QED) is 0.917. The summed E-state index contributed by atoms with van der Waals surface area (Å²) < 4.78 is 23.9. The molecule has 1 heterocycles. The van der Waals surface area contributed by atoms with Crippen molar-refractivity contribution in [1.82, 2.24) is 0 Å². The average Bonchev–Trinajstić information content (AvgIpc) is 2.56. The minimum Gasteiger partial charge on any atom is -0.486 e. The van der Waals surface area contributed by atoms with Crippen molar-refractivity contribution >= 4 is 0 Å². The first-order valence-electron chi connectivity index (χ1n) is 7.62. The molecule has 0 saturated carbocycles. The highest BCUT2D eigenvalue weighted by molar-refractivity contribution is 5.44. The van der Waals surface area contributed by atoms with E-state index in [0.717, 1.165) is 41.9 Å². The summed E-state index contributed by atoms with van der Waals surface area (Å²) in [6.45, 7) is 1.17. The summed E-state index contributed by atoms with van der Waals surface area (Å²) in [5, 5.41) is 0. The van der Waals surface area contributed by atoms with Crippen molar-refractivity contribution in [3.05, 3.63) is 59.4 Å². The van der Waals surface area contributed by atoms with Crippen molar-refractivity contribution in [3.63, 3.8) is 0 Å². The van der Waals surface area contributed by atoms with Crippen LogP contribution in [0, 0.1) is 5.82 Å². The van der Waals surface area contributed by atoms with E-state index < -0.39 is 0 Å². The van der Waals surface area contributed by atoms with Crippen molar-refractivity contribution in [2.45, 2.75) is 25.3 Å². The van der Waals surface area contributed by atoms with Gasteiger partial charge in [-0.3, -0.25) is 0 Å². The fraction of sp³-hybridized carbons (Fsp3) is 0.333. The Kier molecular flexibility index (Phi) is 4.59. The Morgan fingerprint density at radius 3 is 2.50 bits per heavy atom. The molecule has 22 heavy (non-hydrogen) atoms. The third-order valence-electron chi connectivity index (χ3n) is 3.89. The second-order valence-electron chi connectivity index (χ2n) is 5.53. The number of fused-ring (bicyclic) bond motifs is 1. The first-order valence-corrected chi connectivity index (χ1v) is 7.62. The molecule has 3 rings (SSSR count). The maximum absolute atomic E-state index is 12.9. The summed E-state index contributed by atoms with van der Waals surface area (Å²) in [5.41, 5.74) is 8.45. The van der Waals surface area contributed by atoms with Crippen LogP contribution in [0.5, 0.6) is 11.5 Å². The minimum absolute atomic E-state index is 0.0312. The van der Waals surface area contributed by atoms with Gasteiger partial charge in [-0.15, -0.1) is 0 Å². The maximum atomic E-state index is 12.9. The third kappa shape index (κ3) is 3.57. The maximum Gasteiger partial charge on any atom is 0.161 e. The smallest absolute Gasteiger partial charge is 0.161 e. The van der Waals surface area contributed by atoms with Gasteiger partial charge in [-0.1, -0.05) is 18.2 Å². The molecule has 0 aliphatic carbocycles. The molecule has 0 fully saturated rings. The number of ether oxygens (including phenoxy) is 2. The molecule has 1 aliphatic rings. The van der Waals surface area contributed by atoms with Crippen LogP contribution >= 0.6 is 0 Å². The summed E-state index contributed by atoms with van der Waals surface area (Å²) in [7, 11) is 0. The van der Waals surface area contributed by atoms with Crippen molar-refractivity contribution in [2.75, 3.05) is 13.2 Å². The Morgan fingerprint density at radius 1 is 1.00 bits per heavy atom. The van der Waals surface area contributed by atoms with E-state index in [4.69, 9.17) is 15.2 Å². The van der Waals surface area contributed by atoms with Crippen molar-refractivity contribution < 1.29 is 13.9 Å². The Labute approximate surface area is 129 Å². The van der Waals surface area contributed by atoms with Gasteiger partial charge in [0.05, 0.1) is 0 Å². The number of nitrogens with two attached hydrogens (primary N) is 1. The van der Waals surface area contributed by atoms with E-state index in [2.05, 4.69) is 0 Å². The topological polar surface area (TPSA) is 44.5 Å². The molecular formula is C18H20FNO2. The zero-order valence-corrected chi connectivity index (χ0v) is 12.4. The highest BCUT2D eigenvalue weighted by Crippen LogP contribution is 2.33. The molecule has 4 heteroatoms.